The summed E-state index contributed by atoms with van der Waals surface area (Å²) in [5.41, 5.74) is 0. The lowest BCUT2D eigenvalue weighted by Gasteiger charge is -2.28. The number of likely N-dealkylation sites (N-methyl/N-ethyl adjacent to an activating group) is 1. The third kappa shape index (κ3) is 44.5. The molecule has 0 saturated heterocycles. The quantitative estimate of drug-likeness (QED) is 0.0197. The van der Waals surface area contributed by atoms with Gasteiger partial charge in [0.05, 0.1) is 27.7 Å². The van der Waals surface area contributed by atoms with Gasteiger partial charge in [0, 0.05) is 12.8 Å². The van der Waals surface area contributed by atoms with Gasteiger partial charge < -0.3 is 27.9 Å². The SMILES string of the molecule is CC/C=C\C/C=C\C/C=C\C/C=C\C/C=C\CCCCCC(=O)O[C@H](COC(=O)CCC/C=C\C/C=C\C/C=C\CCCCCCCC)COP(=O)([O-])OCC[N+](C)(C)C. The number of allylic oxidation sites excluding steroid dienone is 16. The second kappa shape index (κ2) is 41.3. The third-order valence-electron chi connectivity index (χ3n) is 9.09. The van der Waals surface area contributed by atoms with Gasteiger partial charge >= 0.3 is 11.9 Å². The Hall–Kier alpha value is -3.07. The number of phosphoric ester groups is 1. The highest BCUT2D eigenvalue weighted by Gasteiger charge is 2.21. The highest BCUT2D eigenvalue weighted by Crippen LogP contribution is 2.38. The van der Waals surface area contributed by atoms with Crippen LogP contribution in [0.2, 0.25) is 0 Å². The predicted octanol–water partition coefficient (Wildman–Crippen LogP) is 12.7. The Morgan fingerprint density at radius 3 is 1.47 bits per heavy atom. The van der Waals surface area contributed by atoms with Crippen LogP contribution in [0.5, 0.6) is 0 Å². The molecule has 0 aromatic rings. The van der Waals surface area contributed by atoms with Gasteiger partial charge in [-0.05, 0) is 89.9 Å². The minimum absolute atomic E-state index is 0.0508. The molecule has 0 saturated carbocycles. The number of ether oxygens (including phenoxy) is 2. The van der Waals surface area contributed by atoms with Gasteiger partial charge in [-0.1, -0.05) is 150 Å². The molecule has 0 heterocycles. The smallest absolute Gasteiger partial charge is 0.306 e. The van der Waals surface area contributed by atoms with E-state index in [2.05, 4.69) is 111 Å². The number of hydrogen-bond donors (Lipinski definition) is 0. The maximum absolute atomic E-state index is 12.7. The van der Waals surface area contributed by atoms with Crippen LogP contribution in [0.25, 0.3) is 0 Å². The molecule has 60 heavy (non-hydrogen) atoms. The van der Waals surface area contributed by atoms with Gasteiger partial charge in [0.2, 0.25) is 0 Å². The average molecular weight is 858 g/mol. The molecule has 0 aromatic heterocycles. The number of nitrogens with zero attached hydrogens (tertiary/aromatic N) is 1. The minimum Gasteiger partial charge on any atom is -0.756 e. The Morgan fingerprint density at radius 1 is 0.533 bits per heavy atom. The van der Waals surface area contributed by atoms with E-state index < -0.39 is 32.5 Å². The summed E-state index contributed by atoms with van der Waals surface area (Å²) in [5.74, 6) is -0.943. The zero-order valence-electron chi connectivity index (χ0n) is 38.4. The molecule has 0 N–H and O–H groups in total. The summed E-state index contributed by atoms with van der Waals surface area (Å²) < 4.78 is 33.8. The van der Waals surface area contributed by atoms with E-state index in [1.54, 1.807) is 0 Å². The van der Waals surface area contributed by atoms with Gasteiger partial charge in [-0.15, -0.1) is 0 Å². The van der Waals surface area contributed by atoms with Crippen LogP contribution in [0.15, 0.2) is 97.2 Å². The van der Waals surface area contributed by atoms with E-state index in [1.807, 2.05) is 21.1 Å². The van der Waals surface area contributed by atoms with Crippen molar-refractivity contribution in [3.8, 4) is 0 Å². The molecule has 0 aliphatic heterocycles. The molecule has 0 radical (unpaired) electrons. The molecule has 9 nitrogen and oxygen atoms in total. The number of unbranched alkanes of at least 4 members (excludes halogenated alkanes) is 10. The van der Waals surface area contributed by atoms with Crippen molar-refractivity contribution in [1.29, 1.82) is 0 Å². The molecular weight excluding hydrogens is 774 g/mol. The van der Waals surface area contributed by atoms with Crippen molar-refractivity contribution in [2.45, 2.75) is 161 Å². The highest BCUT2D eigenvalue weighted by atomic mass is 31.2. The first kappa shape index (κ1) is 56.9. The molecule has 0 aliphatic carbocycles. The predicted molar refractivity (Wildman–Crippen MR) is 249 cm³/mol. The van der Waals surface area contributed by atoms with Crippen molar-refractivity contribution in [3.63, 3.8) is 0 Å². The summed E-state index contributed by atoms with van der Waals surface area (Å²) >= 11 is 0. The van der Waals surface area contributed by atoms with E-state index >= 15 is 0 Å². The largest absolute Gasteiger partial charge is 0.756 e. The van der Waals surface area contributed by atoms with E-state index in [1.165, 1.54) is 38.5 Å². The fourth-order valence-corrected chi connectivity index (χ4v) is 6.25. The second-order valence-corrected chi connectivity index (χ2v) is 17.4. The highest BCUT2D eigenvalue weighted by molar-refractivity contribution is 7.45. The molecule has 0 fully saturated rings. The Balaban J connectivity index is 4.51. The van der Waals surface area contributed by atoms with Crippen molar-refractivity contribution < 1.29 is 42.1 Å². The Kier molecular flexibility index (Phi) is 39.2. The summed E-state index contributed by atoms with van der Waals surface area (Å²) in [5, 5.41) is 0. The van der Waals surface area contributed by atoms with E-state index in [4.69, 9.17) is 18.5 Å². The number of quaternary nitrogens is 1. The zero-order valence-corrected chi connectivity index (χ0v) is 39.3. The van der Waals surface area contributed by atoms with Crippen LogP contribution >= 0.6 is 7.82 Å². The fraction of sp³-hybridized carbons (Fsp3) is 0.640. The van der Waals surface area contributed by atoms with Crippen LogP contribution in [-0.4, -0.2) is 70.0 Å². The Morgan fingerprint density at radius 2 is 0.967 bits per heavy atom. The van der Waals surface area contributed by atoms with Crippen LogP contribution in [0, 0.1) is 0 Å². The molecule has 10 heteroatoms. The first-order valence-electron chi connectivity index (χ1n) is 22.9. The molecule has 0 spiro atoms. The lowest BCUT2D eigenvalue weighted by atomic mass is 10.1. The van der Waals surface area contributed by atoms with Crippen molar-refractivity contribution in [2.24, 2.45) is 0 Å². The average Bonchev–Trinajstić information content (AvgIpc) is 3.20. The Labute approximate surface area is 366 Å². The number of carbonyl (C=O) groups excluding carboxylic acids is 2. The van der Waals surface area contributed by atoms with E-state index in [-0.39, 0.29) is 26.1 Å². The number of phosphoric acid groups is 1. The van der Waals surface area contributed by atoms with Gasteiger partial charge in [0.15, 0.2) is 6.10 Å². The van der Waals surface area contributed by atoms with Crippen LogP contribution in [0.4, 0.5) is 0 Å². The minimum atomic E-state index is -4.65. The summed E-state index contributed by atoms with van der Waals surface area (Å²) in [6.45, 7) is 3.98. The standard InChI is InChI=1S/C50H84NO8P/c1-6-8-10-12-14-16-18-20-22-24-25-27-29-31-33-35-37-39-41-43-50(53)59-48(47-58-60(54,55)57-45-44-51(3,4)5)46-56-49(52)42-40-38-36-34-32-30-28-26-23-21-19-17-15-13-11-9-7-2/h8,10,14,16,20-23,25,27-28,30-31,33-34,36,48H,6-7,9,11-13,15,17-19,24,26,29,32,35,37-47H2,1-5H3/b10-8-,16-14-,22-20-,23-21-,27-25-,30-28-,33-31-,36-34-/t48-/m1/s1. The van der Waals surface area contributed by atoms with Gasteiger partial charge in [-0.25, -0.2) is 0 Å². The lowest BCUT2D eigenvalue weighted by Crippen LogP contribution is -2.37. The molecule has 342 valence electrons. The molecule has 0 rings (SSSR count). The summed E-state index contributed by atoms with van der Waals surface area (Å²) in [4.78, 5) is 37.6. The van der Waals surface area contributed by atoms with Gasteiger partial charge in [0.25, 0.3) is 7.82 Å². The molecule has 1 unspecified atom stereocenters. The van der Waals surface area contributed by atoms with Gasteiger partial charge in [0.1, 0.15) is 19.8 Å². The third-order valence-corrected chi connectivity index (χ3v) is 10.1. The van der Waals surface area contributed by atoms with Crippen molar-refractivity contribution in [2.75, 3.05) is 47.5 Å². The van der Waals surface area contributed by atoms with E-state index in [0.717, 1.165) is 77.0 Å². The van der Waals surface area contributed by atoms with Crippen LogP contribution in [-0.2, 0) is 32.7 Å². The molecule has 2 atom stereocenters. The number of carbonyl (C=O) groups is 2. The molecule has 0 amide bonds. The summed E-state index contributed by atoms with van der Waals surface area (Å²) in [6, 6.07) is 0. The normalized spacial score (nSPS) is 14.4. The summed E-state index contributed by atoms with van der Waals surface area (Å²) in [7, 11) is 1.10. The fourth-order valence-electron chi connectivity index (χ4n) is 5.52. The molecule has 0 aromatic carbocycles. The topological polar surface area (TPSA) is 111 Å². The van der Waals surface area contributed by atoms with Crippen LogP contribution in [0.3, 0.4) is 0 Å². The number of hydrogen-bond acceptors (Lipinski definition) is 8. The zero-order chi connectivity index (χ0) is 44.3. The van der Waals surface area contributed by atoms with Gasteiger partial charge in [-0.3, -0.25) is 14.2 Å². The Bertz CT molecular complexity index is 1340. The van der Waals surface area contributed by atoms with Crippen molar-refractivity contribution in [3.05, 3.63) is 97.2 Å². The van der Waals surface area contributed by atoms with Crippen LogP contribution in [0.1, 0.15) is 155 Å². The first-order chi connectivity index (χ1) is 29.0. The van der Waals surface area contributed by atoms with E-state index in [9.17, 15) is 19.0 Å². The molecule has 0 aliphatic rings. The van der Waals surface area contributed by atoms with Gasteiger partial charge in [-0.2, -0.15) is 0 Å². The second-order valence-electron chi connectivity index (χ2n) is 16.0. The molecule has 0 bridgehead atoms. The van der Waals surface area contributed by atoms with Crippen molar-refractivity contribution >= 4 is 19.8 Å². The number of rotatable bonds is 40. The van der Waals surface area contributed by atoms with E-state index in [0.29, 0.717) is 23.9 Å². The maximum atomic E-state index is 12.7. The van der Waals surface area contributed by atoms with Crippen LogP contribution < -0.4 is 4.89 Å². The lowest BCUT2D eigenvalue weighted by molar-refractivity contribution is -0.870. The molecular formula is C50H84NO8P. The number of esters is 2. The maximum Gasteiger partial charge on any atom is 0.306 e. The monoisotopic (exact) mass is 858 g/mol. The summed E-state index contributed by atoms with van der Waals surface area (Å²) in [6.07, 6.45) is 54.4. The first-order valence-corrected chi connectivity index (χ1v) is 24.4. The van der Waals surface area contributed by atoms with Crippen molar-refractivity contribution in [1.82, 2.24) is 0 Å².